The van der Waals surface area contributed by atoms with E-state index in [2.05, 4.69) is 5.32 Å². The molecule has 1 aromatic carbocycles. The molecule has 0 bridgehead atoms. The number of halogens is 3. The van der Waals surface area contributed by atoms with Crippen LogP contribution in [0.3, 0.4) is 0 Å². The van der Waals surface area contributed by atoms with Gasteiger partial charge >= 0.3 is 6.18 Å². The summed E-state index contributed by atoms with van der Waals surface area (Å²) in [6, 6.07) is 3.13. The largest absolute Gasteiger partial charge is 0.416 e. The van der Waals surface area contributed by atoms with E-state index in [9.17, 15) is 22.8 Å². The van der Waals surface area contributed by atoms with Crippen LogP contribution in [0.5, 0.6) is 0 Å². The number of amides is 1. The molecule has 7 heteroatoms. The second kappa shape index (κ2) is 4.64. The zero-order valence-electron chi connectivity index (χ0n) is 8.88. The summed E-state index contributed by atoms with van der Waals surface area (Å²) >= 11 is 1.07. The van der Waals surface area contributed by atoms with Crippen molar-refractivity contribution in [3.05, 3.63) is 23.8 Å². The molecule has 1 N–H and O–H groups in total. The minimum Gasteiger partial charge on any atom is -0.324 e. The number of carbonyl (C=O) groups excluding carboxylic acids is 2. The Morgan fingerprint density at radius 2 is 2.11 bits per heavy atom. The Hall–Kier alpha value is -1.50. The molecule has 0 saturated heterocycles. The number of rotatable bonds is 2. The number of hydrogen-bond donors (Lipinski definition) is 1. The second-order valence-electron chi connectivity index (χ2n) is 3.65. The van der Waals surface area contributed by atoms with Gasteiger partial charge in [-0.2, -0.15) is 13.2 Å². The summed E-state index contributed by atoms with van der Waals surface area (Å²) in [5.41, 5.74) is -0.690. The van der Waals surface area contributed by atoms with Gasteiger partial charge < -0.3 is 5.32 Å². The first-order chi connectivity index (χ1) is 8.41. The molecule has 1 heterocycles. The molecule has 1 radical (unpaired) electrons. The van der Waals surface area contributed by atoms with Crippen LogP contribution in [0.4, 0.5) is 18.9 Å². The van der Waals surface area contributed by atoms with E-state index in [0.29, 0.717) is 4.90 Å². The van der Waals surface area contributed by atoms with Crippen LogP contribution in [0, 0.1) is 0 Å². The van der Waals surface area contributed by atoms with Crippen molar-refractivity contribution < 1.29 is 22.8 Å². The molecule has 1 amide bonds. The lowest BCUT2D eigenvalue weighted by Gasteiger charge is -2.23. The molecule has 3 nitrogen and oxygen atoms in total. The predicted octanol–water partition coefficient (Wildman–Crippen LogP) is 2.62. The van der Waals surface area contributed by atoms with Crippen LogP contribution < -0.4 is 5.32 Å². The Balaban J connectivity index is 2.32. The van der Waals surface area contributed by atoms with Crippen molar-refractivity contribution in [3.8, 4) is 0 Å². The monoisotopic (exact) mass is 274 g/mol. The maximum Gasteiger partial charge on any atom is 0.416 e. The first-order valence-electron chi connectivity index (χ1n) is 4.95. The highest BCUT2D eigenvalue weighted by molar-refractivity contribution is 8.01. The average molecular weight is 274 g/mol. The summed E-state index contributed by atoms with van der Waals surface area (Å²) in [7, 11) is 0. The third-order valence-corrected chi connectivity index (χ3v) is 3.67. The van der Waals surface area contributed by atoms with Crippen molar-refractivity contribution >= 4 is 29.6 Å². The van der Waals surface area contributed by atoms with Crippen LogP contribution in [-0.2, 0) is 15.8 Å². The van der Waals surface area contributed by atoms with E-state index < -0.39 is 22.9 Å². The Labute approximate surface area is 105 Å². The molecule has 18 heavy (non-hydrogen) atoms. The first kappa shape index (κ1) is 12.9. The molecule has 1 aromatic rings. The van der Waals surface area contributed by atoms with Gasteiger partial charge in [0.1, 0.15) is 0 Å². The van der Waals surface area contributed by atoms with Gasteiger partial charge in [-0.3, -0.25) is 9.59 Å². The second-order valence-corrected chi connectivity index (χ2v) is 4.90. The third kappa shape index (κ3) is 2.50. The molecular weight excluding hydrogens is 267 g/mol. The van der Waals surface area contributed by atoms with Crippen LogP contribution in [0.2, 0.25) is 0 Å². The molecule has 1 aliphatic rings. The molecule has 95 valence electrons. The van der Waals surface area contributed by atoms with Crippen LogP contribution in [0.1, 0.15) is 12.0 Å². The van der Waals surface area contributed by atoms with Gasteiger partial charge in [0, 0.05) is 11.3 Å². The van der Waals surface area contributed by atoms with Gasteiger partial charge in [0.2, 0.25) is 5.91 Å². The van der Waals surface area contributed by atoms with Crippen molar-refractivity contribution in [3.63, 3.8) is 0 Å². The van der Waals surface area contributed by atoms with Gasteiger partial charge in [-0.05, 0) is 18.2 Å². The lowest BCUT2D eigenvalue weighted by molar-refractivity contribution is -0.137. The molecule has 0 fully saturated rings. The van der Waals surface area contributed by atoms with E-state index in [-0.39, 0.29) is 12.1 Å². The number of carbonyl (C=O) groups is 1. The lowest BCUT2D eigenvalue weighted by atomic mass is 10.2. The third-order valence-electron chi connectivity index (χ3n) is 2.40. The van der Waals surface area contributed by atoms with E-state index >= 15 is 0 Å². The van der Waals surface area contributed by atoms with Crippen molar-refractivity contribution in [2.75, 3.05) is 5.32 Å². The van der Waals surface area contributed by atoms with Gasteiger partial charge in [0.05, 0.1) is 16.5 Å². The van der Waals surface area contributed by atoms with Gasteiger partial charge in [0.15, 0.2) is 6.29 Å². The topological polar surface area (TPSA) is 46.2 Å². The minimum atomic E-state index is -4.45. The Kier molecular flexibility index (Phi) is 3.34. The van der Waals surface area contributed by atoms with Gasteiger partial charge in [-0.15, -0.1) is 11.8 Å². The predicted molar refractivity (Wildman–Crippen MR) is 60.0 cm³/mol. The Morgan fingerprint density at radius 3 is 2.72 bits per heavy atom. The zero-order valence-corrected chi connectivity index (χ0v) is 9.69. The van der Waals surface area contributed by atoms with Crippen LogP contribution in [-0.4, -0.2) is 17.4 Å². The molecule has 1 unspecified atom stereocenters. The van der Waals surface area contributed by atoms with Crippen LogP contribution in [0.25, 0.3) is 0 Å². The number of alkyl halides is 3. The molecule has 0 aromatic heterocycles. The SMILES string of the molecule is O=[C]CC1Sc2ccc(C(F)(F)F)cc2NC1=O. The molecule has 0 saturated carbocycles. The number of fused-ring (bicyclic) bond motifs is 1. The van der Waals surface area contributed by atoms with Crippen LogP contribution in [0.15, 0.2) is 23.1 Å². The number of anilines is 1. The van der Waals surface area contributed by atoms with Crippen LogP contribution >= 0.6 is 11.8 Å². The van der Waals surface area contributed by atoms with Crippen molar-refractivity contribution in [1.29, 1.82) is 0 Å². The summed E-state index contributed by atoms with van der Waals surface area (Å²) in [6.07, 6.45) is -2.91. The molecule has 2 rings (SSSR count). The van der Waals surface area contributed by atoms with Crippen molar-refractivity contribution in [1.82, 2.24) is 0 Å². The van der Waals surface area contributed by atoms with Gasteiger partial charge in [-0.25, -0.2) is 0 Å². The van der Waals surface area contributed by atoms with E-state index in [1.807, 2.05) is 0 Å². The van der Waals surface area contributed by atoms with Crippen molar-refractivity contribution in [2.24, 2.45) is 0 Å². The van der Waals surface area contributed by atoms with Gasteiger partial charge in [0.25, 0.3) is 0 Å². The smallest absolute Gasteiger partial charge is 0.324 e. The number of hydrogen-bond acceptors (Lipinski definition) is 3. The maximum absolute atomic E-state index is 12.5. The summed E-state index contributed by atoms with van der Waals surface area (Å²) in [5.74, 6) is -0.477. The molecule has 1 atom stereocenters. The number of nitrogens with one attached hydrogen (secondary N) is 1. The summed E-state index contributed by atoms with van der Waals surface area (Å²) in [6.45, 7) is 0. The van der Waals surface area contributed by atoms with Gasteiger partial charge in [-0.1, -0.05) is 0 Å². The molecule has 0 spiro atoms. The standard InChI is InChI=1S/C11H7F3NO2S/c12-11(13,14)6-1-2-8-7(5-6)15-10(17)9(18-8)3-4-16/h1-2,5,9H,3H2,(H,15,17). The maximum atomic E-state index is 12.5. The van der Waals surface area contributed by atoms with E-state index in [1.54, 1.807) is 6.29 Å². The molecule has 1 aliphatic heterocycles. The fourth-order valence-electron chi connectivity index (χ4n) is 1.54. The summed E-state index contributed by atoms with van der Waals surface area (Å²) in [5, 5.41) is 1.74. The quantitative estimate of drug-likeness (QED) is 0.901. The fraction of sp³-hybridized carbons (Fsp3) is 0.273. The highest BCUT2D eigenvalue weighted by Crippen LogP contribution is 2.40. The lowest BCUT2D eigenvalue weighted by Crippen LogP contribution is -2.29. The Morgan fingerprint density at radius 1 is 1.39 bits per heavy atom. The highest BCUT2D eigenvalue weighted by atomic mass is 32.2. The normalized spacial score (nSPS) is 19.1. The highest BCUT2D eigenvalue weighted by Gasteiger charge is 2.33. The average Bonchev–Trinajstić information content (AvgIpc) is 2.28. The minimum absolute atomic E-state index is 0.0863. The first-order valence-corrected chi connectivity index (χ1v) is 5.83. The number of benzene rings is 1. The molecule has 0 aliphatic carbocycles. The van der Waals surface area contributed by atoms with E-state index in [0.717, 1.165) is 23.9 Å². The van der Waals surface area contributed by atoms with E-state index in [1.165, 1.54) is 6.07 Å². The summed E-state index contributed by atoms with van der Waals surface area (Å²) in [4.78, 5) is 22.3. The zero-order chi connectivity index (χ0) is 13.3. The Bertz CT molecular complexity index is 502. The van der Waals surface area contributed by atoms with Crippen molar-refractivity contribution in [2.45, 2.75) is 22.7 Å². The fourth-order valence-corrected chi connectivity index (χ4v) is 2.54. The molecular formula is C11H7F3NO2S. The van der Waals surface area contributed by atoms with E-state index in [4.69, 9.17) is 0 Å². The summed E-state index contributed by atoms with van der Waals surface area (Å²) < 4.78 is 37.4. The number of thioether (sulfide) groups is 1.